The molecule has 0 amide bonds. The molecule has 3 N–H and O–H groups in total. The number of rotatable bonds is 5. The lowest BCUT2D eigenvalue weighted by molar-refractivity contribution is 0.406. The summed E-state index contributed by atoms with van der Waals surface area (Å²) in [6, 6.07) is 8.53. The van der Waals surface area contributed by atoms with Gasteiger partial charge in [0.1, 0.15) is 5.75 Å². The summed E-state index contributed by atoms with van der Waals surface area (Å²) in [5.74, 6) is 6.71. The molecule has 1 aromatic heterocycles. The number of hydrazine groups is 1. The zero-order valence-corrected chi connectivity index (χ0v) is 14.4. The highest BCUT2D eigenvalue weighted by Crippen LogP contribution is 2.36. The molecule has 5 heteroatoms. The Kier molecular flexibility index (Phi) is 4.64. The van der Waals surface area contributed by atoms with Crippen LogP contribution in [0.15, 0.2) is 28.7 Å². The number of thiophene rings is 1. The molecule has 2 aromatic rings. The third kappa shape index (κ3) is 3.16. The topological polar surface area (TPSA) is 47.3 Å². The first-order chi connectivity index (χ1) is 10.2. The Morgan fingerprint density at radius 3 is 2.95 bits per heavy atom. The average Bonchev–Trinajstić information content (AvgIpc) is 3.06. The largest absolute Gasteiger partial charge is 0.496 e. The van der Waals surface area contributed by atoms with Crippen LogP contribution in [0.3, 0.4) is 0 Å². The lowest BCUT2D eigenvalue weighted by atomic mass is 10.0. The quantitative estimate of drug-likeness (QED) is 0.625. The predicted octanol–water partition coefficient (Wildman–Crippen LogP) is 3.76. The molecule has 0 aliphatic heterocycles. The van der Waals surface area contributed by atoms with Gasteiger partial charge in [0.05, 0.1) is 13.2 Å². The van der Waals surface area contributed by atoms with E-state index in [9.17, 15) is 0 Å². The van der Waals surface area contributed by atoms with Gasteiger partial charge in [-0.1, -0.05) is 15.9 Å². The van der Waals surface area contributed by atoms with Crippen LogP contribution >= 0.6 is 27.3 Å². The lowest BCUT2D eigenvalue weighted by Crippen LogP contribution is -2.29. The number of halogens is 1. The number of ether oxygens (including phenoxy) is 1. The summed E-state index contributed by atoms with van der Waals surface area (Å²) in [7, 11) is 1.71. The third-order valence-corrected chi connectivity index (χ3v) is 5.82. The molecule has 1 aliphatic carbocycles. The minimum atomic E-state index is 0.129. The summed E-state index contributed by atoms with van der Waals surface area (Å²) >= 11 is 5.42. The first-order valence-electron chi connectivity index (χ1n) is 7.11. The Morgan fingerprint density at radius 1 is 1.38 bits per heavy atom. The summed E-state index contributed by atoms with van der Waals surface area (Å²) in [5, 5.41) is 0. The van der Waals surface area contributed by atoms with Crippen LogP contribution in [0.2, 0.25) is 0 Å². The molecule has 1 atom stereocenters. The summed E-state index contributed by atoms with van der Waals surface area (Å²) in [6.45, 7) is 0. The van der Waals surface area contributed by atoms with E-state index in [-0.39, 0.29) is 6.04 Å². The molecule has 0 radical (unpaired) electrons. The minimum Gasteiger partial charge on any atom is -0.496 e. The monoisotopic (exact) mass is 366 g/mol. The molecule has 3 nitrogen and oxygen atoms in total. The Hall–Kier alpha value is -0.880. The molecule has 0 saturated heterocycles. The standard InChI is InChI=1S/C16H19BrN2OS/c1-20-14-6-5-12(17)7-11(14)8-13(19-18)16-9-10-3-2-4-15(10)21-16/h5-7,9,13,19H,2-4,8,18H2,1H3. The number of hydrogen-bond acceptors (Lipinski definition) is 4. The van der Waals surface area contributed by atoms with Crippen molar-refractivity contribution in [3.05, 3.63) is 49.6 Å². The fraction of sp³-hybridized carbons (Fsp3) is 0.375. The van der Waals surface area contributed by atoms with Crippen molar-refractivity contribution >= 4 is 27.3 Å². The van der Waals surface area contributed by atoms with Gasteiger partial charge in [-0.05, 0) is 61.1 Å². The maximum absolute atomic E-state index is 5.81. The van der Waals surface area contributed by atoms with Crippen LogP contribution in [0.5, 0.6) is 5.75 Å². The highest BCUT2D eigenvalue weighted by molar-refractivity contribution is 9.10. The van der Waals surface area contributed by atoms with Crippen molar-refractivity contribution in [3.63, 3.8) is 0 Å². The molecule has 0 saturated carbocycles. The van der Waals surface area contributed by atoms with Crippen molar-refractivity contribution in [1.29, 1.82) is 0 Å². The fourth-order valence-corrected chi connectivity index (χ4v) is 4.62. The van der Waals surface area contributed by atoms with Gasteiger partial charge in [-0.3, -0.25) is 11.3 Å². The van der Waals surface area contributed by atoms with Gasteiger partial charge in [-0.15, -0.1) is 11.3 Å². The van der Waals surface area contributed by atoms with E-state index in [0.29, 0.717) is 0 Å². The lowest BCUT2D eigenvalue weighted by Gasteiger charge is -2.17. The van der Waals surface area contributed by atoms with Crippen molar-refractivity contribution in [2.45, 2.75) is 31.7 Å². The van der Waals surface area contributed by atoms with E-state index in [2.05, 4.69) is 33.5 Å². The van der Waals surface area contributed by atoms with Gasteiger partial charge in [0.2, 0.25) is 0 Å². The number of methoxy groups -OCH3 is 1. The summed E-state index contributed by atoms with van der Waals surface area (Å²) in [4.78, 5) is 2.86. The molecule has 112 valence electrons. The molecule has 1 aliphatic rings. The number of nitrogens with two attached hydrogens (primary N) is 1. The van der Waals surface area contributed by atoms with E-state index in [1.54, 1.807) is 7.11 Å². The van der Waals surface area contributed by atoms with Gasteiger partial charge in [0, 0.05) is 14.2 Å². The maximum Gasteiger partial charge on any atom is 0.122 e. The van der Waals surface area contributed by atoms with Crippen LogP contribution in [0.1, 0.15) is 33.3 Å². The molecule has 3 rings (SSSR count). The van der Waals surface area contributed by atoms with Crippen LogP contribution < -0.4 is 16.0 Å². The SMILES string of the molecule is COc1ccc(Br)cc1CC(NN)c1cc2c(s1)CCC2. The van der Waals surface area contributed by atoms with Gasteiger partial charge in [-0.25, -0.2) is 0 Å². The molecule has 0 fully saturated rings. The van der Waals surface area contributed by atoms with Crippen LogP contribution in [0.4, 0.5) is 0 Å². The highest BCUT2D eigenvalue weighted by atomic mass is 79.9. The second-order valence-electron chi connectivity index (χ2n) is 5.33. The van der Waals surface area contributed by atoms with Gasteiger partial charge in [0.15, 0.2) is 0 Å². The number of benzene rings is 1. The zero-order chi connectivity index (χ0) is 14.8. The van der Waals surface area contributed by atoms with E-state index in [1.165, 1.54) is 34.6 Å². The van der Waals surface area contributed by atoms with Crippen LogP contribution in [0.25, 0.3) is 0 Å². The Morgan fingerprint density at radius 2 is 2.24 bits per heavy atom. The van der Waals surface area contributed by atoms with Gasteiger partial charge < -0.3 is 4.74 Å². The molecule has 1 heterocycles. The van der Waals surface area contributed by atoms with Crippen molar-refractivity contribution in [2.24, 2.45) is 5.84 Å². The Bertz CT molecular complexity index is 620. The smallest absolute Gasteiger partial charge is 0.122 e. The van der Waals surface area contributed by atoms with E-state index in [0.717, 1.165) is 22.2 Å². The maximum atomic E-state index is 5.81. The first kappa shape index (κ1) is 15.0. The van der Waals surface area contributed by atoms with Crippen LogP contribution in [-0.4, -0.2) is 7.11 Å². The fourth-order valence-electron chi connectivity index (χ4n) is 2.89. The van der Waals surface area contributed by atoms with Crippen LogP contribution in [0, 0.1) is 0 Å². The normalized spacial score (nSPS) is 15.0. The third-order valence-electron chi connectivity index (χ3n) is 3.98. The van der Waals surface area contributed by atoms with E-state index < -0.39 is 0 Å². The number of aryl methyl sites for hydroxylation is 2. The van der Waals surface area contributed by atoms with Gasteiger partial charge in [-0.2, -0.15) is 0 Å². The van der Waals surface area contributed by atoms with E-state index in [1.807, 2.05) is 23.5 Å². The zero-order valence-electron chi connectivity index (χ0n) is 12.0. The predicted molar refractivity (Wildman–Crippen MR) is 90.8 cm³/mol. The van der Waals surface area contributed by atoms with Crippen molar-refractivity contribution < 1.29 is 4.74 Å². The van der Waals surface area contributed by atoms with Crippen molar-refractivity contribution in [1.82, 2.24) is 5.43 Å². The Labute approximate surface area is 137 Å². The minimum absolute atomic E-state index is 0.129. The number of nitrogens with one attached hydrogen (secondary N) is 1. The summed E-state index contributed by atoms with van der Waals surface area (Å²) < 4.78 is 6.51. The molecule has 21 heavy (non-hydrogen) atoms. The summed E-state index contributed by atoms with van der Waals surface area (Å²) in [6.07, 6.45) is 4.54. The average molecular weight is 367 g/mol. The first-order valence-corrected chi connectivity index (χ1v) is 8.72. The molecular formula is C16H19BrN2OS. The second-order valence-corrected chi connectivity index (χ2v) is 7.41. The molecular weight excluding hydrogens is 348 g/mol. The molecule has 0 bridgehead atoms. The molecule has 1 unspecified atom stereocenters. The van der Waals surface area contributed by atoms with Gasteiger partial charge in [0.25, 0.3) is 0 Å². The second kappa shape index (κ2) is 6.48. The van der Waals surface area contributed by atoms with Gasteiger partial charge >= 0.3 is 0 Å². The number of hydrogen-bond donors (Lipinski definition) is 2. The van der Waals surface area contributed by atoms with Crippen molar-refractivity contribution in [2.75, 3.05) is 7.11 Å². The Balaban J connectivity index is 1.85. The highest BCUT2D eigenvalue weighted by Gasteiger charge is 2.21. The van der Waals surface area contributed by atoms with E-state index >= 15 is 0 Å². The number of fused-ring (bicyclic) bond motifs is 1. The molecule has 1 aromatic carbocycles. The summed E-state index contributed by atoms with van der Waals surface area (Å²) in [5.41, 5.74) is 5.63. The van der Waals surface area contributed by atoms with Crippen molar-refractivity contribution in [3.8, 4) is 5.75 Å². The van der Waals surface area contributed by atoms with Crippen LogP contribution in [-0.2, 0) is 19.3 Å². The molecule has 0 spiro atoms. The van der Waals surface area contributed by atoms with E-state index in [4.69, 9.17) is 10.6 Å².